The summed E-state index contributed by atoms with van der Waals surface area (Å²) in [6, 6.07) is 11.6. The van der Waals surface area contributed by atoms with E-state index >= 15 is 0 Å². The molecule has 1 heterocycles. The van der Waals surface area contributed by atoms with Crippen LogP contribution in [-0.2, 0) is 19.1 Å². The molecule has 174 valence electrons. The Morgan fingerprint density at radius 2 is 1.94 bits per heavy atom. The van der Waals surface area contributed by atoms with E-state index in [0.29, 0.717) is 28.6 Å². The average Bonchev–Trinajstić information content (AvgIpc) is 3.32. The van der Waals surface area contributed by atoms with Crippen LogP contribution >= 0.6 is 23.2 Å². The number of benzene rings is 2. The van der Waals surface area contributed by atoms with Crippen molar-refractivity contribution in [3.05, 3.63) is 58.1 Å². The number of halogens is 2. The first kappa shape index (κ1) is 24.5. The third-order valence-electron chi connectivity index (χ3n) is 4.56. The Labute approximate surface area is 200 Å². The molecule has 2 aromatic rings. The van der Waals surface area contributed by atoms with Gasteiger partial charge in [-0.2, -0.15) is 5.10 Å². The molecule has 0 aromatic heterocycles. The van der Waals surface area contributed by atoms with Crippen LogP contribution in [0, 0.1) is 0 Å². The molecule has 3 rings (SSSR count). The maximum atomic E-state index is 12.1. The fourth-order valence-corrected chi connectivity index (χ4v) is 3.34. The molecular formula is C22H22Cl2N4O5. The van der Waals surface area contributed by atoms with Gasteiger partial charge in [0.05, 0.1) is 28.1 Å². The first-order chi connectivity index (χ1) is 15.9. The highest BCUT2D eigenvalue weighted by Gasteiger charge is 2.19. The molecule has 1 aliphatic rings. The first-order valence-electron chi connectivity index (χ1n) is 10.1. The summed E-state index contributed by atoms with van der Waals surface area (Å²) in [7, 11) is 0. The molecule has 9 nitrogen and oxygen atoms in total. The molecule has 3 amide bonds. The van der Waals surface area contributed by atoms with Crippen molar-refractivity contribution in [3.8, 4) is 5.75 Å². The molecule has 1 saturated heterocycles. The molecule has 33 heavy (non-hydrogen) atoms. The van der Waals surface area contributed by atoms with E-state index in [9.17, 15) is 14.4 Å². The van der Waals surface area contributed by atoms with E-state index in [4.69, 9.17) is 32.7 Å². The summed E-state index contributed by atoms with van der Waals surface area (Å²) >= 11 is 12.2. The summed E-state index contributed by atoms with van der Waals surface area (Å²) in [5.41, 5.74) is 3.18. The third kappa shape index (κ3) is 7.74. The lowest BCUT2D eigenvalue weighted by molar-refractivity contribution is -0.139. The molecule has 0 aliphatic carbocycles. The SMILES string of the molecule is O=C(COc1ccc(/C=N\NC(=O)C(=O)NC[C@@H]2CCCO2)cc1Cl)Nc1ccccc1Cl. The van der Waals surface area contributed by atoms with Gasteiger partial charge in [0.15, 0.2) is 6.61 Å². The molecule has 2 aromatic carbocycles. The van der Waals surface area contributed by atoms with Crippen LogP contribution < -0.4 is 20.8 Å². The van der Waals surface area contributed by atoms with Crippen LogP contribution in [0.15, 0.2) is 47.6 Å². The van der Waals surface area contributed by atoms with Gasteiger partial charge >= 0.3 is 11.8 Å². The summed E-state index contributed by atoms with van der Waals surface area (Å²) < 4.78 is 10.8. The molecule has 1 aliphatic heterocycles. The number of carbonyl (C=O) groups excluding carboxylic acids is 3. The number of nitrogens with zero attached hydrogens (tertiary/aromatic N) is 1. The van der Waals surface area contributed by atoms with Gasteiger partial charge in [-0.05, 0) is 48.7 Å². The van der Waals surface area contributed by atoms with Crippen LogP contribution in [0.5, 0.6) is 5.75 Å². The molecule has 0 bridgehead atoms. The Morgan fingerprint density at radius 3 is 2.67 bits per heavy atom. The normalized spacial score (nSPS) is 15.3. The van der Waals surface area contributed by atoms with E-state index in [0.717, 1.165) is 12.8 Å². The van der Waals surface area contributed by atoms with Gasteiger partial charge in [0.1, 0.15) is 5.75 Å². The van der Waals surface area contributed by atoms with Crippen LogP contribution in [-0.4, -0.2) is 49.8 Å². The third-order valence-corrected chi connectivity index (χ3v) is 5.19. The number of ether oxygens (including phenoxy) is 2. The fraction of sp³-hybridized carbons (Fsp3) is 0.273. The number of para-hydroxylation sites is 1. The molecular weight excluding hydrogens is 471 g/mol. The van der Waals surface area contributed by atoms with E-state index in [2.05, 4.69) is 21.2 Å². The van der Waals surface area contributed by atoms with Crippen molar-refractivity contribution in [1.82, 2.24) is 10.7 Å². The number of nitrogens with one attached hydrogen (secondary N) is 3. The van der Waals surface area contributed by atoms with Crippen molar-refractivity contribution in [3.63, 3.8) is 0 Å². The number of hydrogen-bond donors (Lipinski definition) is 3. The molecule has 0 unspecified atom stereocenters. The van der Waals surface area contributed by atoms with Crippen LogP contribution in [0.3, 0.4) is 0 Å². The molecule has 3 N–H and O–H groups in total. The van der Waals surface area contributed by atoms with Crippen LogP contribution in [0.25, 0.3) is 0 Å². The molecule has 0 spiro atoms. The minimum atomic E-state index is -0.889. The largest absolute Gasteiger partial charge is 0.482 e. The van der Waals surface area contributed by atoms with Crippen molar-refractivity contribution >= 4 is 52.8 Å². The highest BCUT2D eigenvalue weighted by molar-refractivity contribution is 6.35. The Kier molecular flexibility index (Phi) is 9.05. The Morgan fingerprint density at radius 1 is 1.12 bits per heavy atom. The van der Waals surface area contributed by atoms with E-state index < -0.39 is 17.7 Å². The molecule has 1 fully saturated rings. The number of rotatable bonds is 8. The lowest BCUT2D eigenvalue weighted by Gasteiger charge is -2.10. The minimum absolute atomic E-state index is 0.0599. The van der Waals surface area contributed by atoms with E-state index in [1.165, 1.54) is 12.3 Å². The van der Waals surface area contributed by atoms with Gasteiger partial charge in [-0.15, -0.1) is 0 Å². The zero-order chi connectivity index (χ0) is 23.6. The molecule has 11 heteroatoms. The number of hydrogen-bond acceptors (Lipinski definition) is 6. The summed E-state index contributed by atoms with van der Waals surface area (Å²) in [6.07, 6.45) is 3.06. The zero-order valence-electron chi connectivity index (χ0n) is 17.5. The molecule has 1 atom stereocenters. The lowest BCUT2D eigenvalue weighted by Crippen LogP contribution is -2.41. The maximum Gasteiger partial charge on any atom is 0.329 e. The average molecular weight is 493 g/mol. The number of carbonyl (C=O) groups is 3. The standard InChI is InChI=1S/C22H22Cl2N4O5/c23-16-5-1-2-6-18(16)27-20(29)13-33-19-8-7-14(10-17(19)24)11-26-28-22(31)21(30)25-12-15-4-3-9-32-15/h1-2,5-8,10-11,15H,3-4,9,12-13H2,(H,25,30)(H,27,29)(H,28,31)/b26-11-/t15-/m0/s1. The van der Waals surface area contributed by atoms with Crippen LogP contribution in [0.1, 0.15) is 18.4 Å². The summed E-state index contributed by atoms with van der Waals surface area (Å²) in [5.74, 6) is -1.79. The Balaban J connectivity index is 1.44. The van der Waals surface area contributed by atoms with E-state index in [-0.39, 0.29) is 24.3 Å². The Hall–Kier alpha value is -3.14. The van der Waals surface area contributed by atoms with Gasteiger partial charge in [0, 0.05) is 13.2 Å². The monoisotopic (exact) mass is 492 g/mol. The van der Waals surface area contributed by atoms with Gasteiger partial charge in [0.2, 0.25) is 0 Å². The maximum absolute atomic E-state index is 12.1. The lowest BCUT2D eigenvalue weighted by atomic mass is 10.2. The second-order valence-electron chi connectivity index (χ2n) is 7.05. The zero-order valence-corrected chi connectivity index (χ0v) is 19.0. The molecule has 0 saturated carbocycles. The van der Waals surface area contributed by atoms with Crippen LogP contribution in [0.4, 0.5) is 5.69 Å². The van der Waals surface area contributed by atoms with Crippen molar-refractivity contribution in [2.75, 3.05) is 25.1 Å². The highest BCUT2D eigenvalue weighted by Crippen LogP contribution is 2.25. The summed E-state index contributed by atoms with van der Waals surface area (Å²) in [6.45, 7) is 0.679. The second kappa shape index (κ2) is 12.2. The van der Waals surface area contributed by atoms with Crippen molar-refractivity contribution in [1.29, 1.82) is 0 Å². The number of anilines is 1. The first-order valence-corrected chi connectivity index (χ1v) is 10.9. The van der Waals surface area contributed by atoms with Crippen molar-refractivity contribution in [2.24, 2.45) is 5.10 Å². The minimum Gasteiger partial charge on any atom is -0.482 e. The van der Waals surface area contributed by atoms with Gasteiger partial charge in [-0.3, -0.25) is 14.4 Å². The van der Waals surface area contributed by atoms with E-state index in [1.807, 2.05) is 0 Å². The molecule has 0 radical (unpaired) electrons. The topological polar surface area (TPSA) is 118 Å². The predicted octanol–water partition coefficient (Wildman–Crippen LogP) is 2.76. The van der Waals surface area contributed by atoms with Crippen LogP contribution in [0.2, 0.25) is 10.0 Å². The Bertz CT molecular complexity index is 1040. The van der Waals surface area contributed by atoms with Gasteiger partial charge < -0.3 is 20.1 Å². The number of hydrazone groups is 1. The summed E-state index contributed by atoms with van der Waals surface area (Å²) in [4.78, 5) is 35.6. The van der Waals surface area contributed by atoms with Gasteiger partial charge in [-0.1, -0.05) is 35.3 Å². The van der Waals surface area contributed by atoms with Gasteiger partial charge in [0.25, 0.3) is 5.91 Å². The highest BCUT2D eigenvalue weighted by atomic mass is 35.5. The van der Waals surface area contributed by atoms with E-state index in [1.54, 1.807) is 36.4 Å². The van der Waals surface area contributed by atoms with Crippen molar-refractivity contribution < 1.29 is 23.9 Å². The van der Waals surface area contributed by atoms with Crippen molar-refractivity contribution in [2.45, 2.75) is 18.9 Å². The number of amides is 3. The van der Waals surface area contributed by atoms with Gasteiger partial charge in [-0.25, -0.2) is 5.43 Å². The summed E-state index contributed by atoms with van der Waals surface area (Å²) in [5, 5.41) is 9.55. The second-order valence-corrected chi connectivity index (χ2v) is 7.87. The quantitative estimate of drug-likeness (QED) is 0.297. The predicted molar refractivity (Wildman–Crippen MR) is 125 cm³/mol. The fourth-order valence-electron chi connectivity index (χ4n) is 2.91. The smallest absolute Gasteiger partial charge is 0.329 e.